The van der Waals surface area contributed by atoms with Gasteiger partial charge in [-0.15, -0.1) is 0 Å². The molecule has 10 heteroatoms. The Morgan fingerprint density at radius 2 is 1.69 bits per heavy atom. The third-order valence-corrected chi connectivity index (χ3v) is 4.42. The van der Waals surface area contributed by atoms with Crippen molar-refractivity contribution >= 4 is 29.4 Å². The van der Waals surface area contributed by atoms with Crippen LogP contribution in [0.15, 0.2) is 42.5 Å². The maximum atomic E-state index is 13.6. The van der Waals surface area contributed by atoms with Gasteiger partial charge in [0.2, 0.25) is 6.10 Å². The zero-order valence-corrected chi connectivity index (χ0v) is 15.6. The first-order chi connectivity index (χ1) is 13.6. The van der Waals surface area contributed by atoms with Crippen LogP contribution in [0.25, 0.3) is 0 Å². The molecule has 6 nitrogen and oxygen atoms in total. The van der Waals surface area contributed by atoms with Gasteiger partial charge in [0.15, 0.2) is 0 Å². The number of methoxy groups -OCH3 is 1. The van der Waals surface area contributed by atoms with Crippen LogP contribution in [-0.4, -0.2) is 42.5 Å². The number of carbonyl (C=O) groups is 3. The third-order valence-electron chi connectivity index (χ3n) is 4.19. The smallest absolute Gasteiger partial charge is 0.429 e. The van der Waals surface area contributed by atoms with E-state index in [0.717, 1.165) is 13.2 Å². The number of ether oxygens (including phenoxy) is 2. The van der Waals surface area contributed by atoms with Gasteiger partial charge in [0, 0.05) is 10.6 Å². The largest absolute Gasteiger partial charge is 0.496 e. The fourth-order valence-electron chi connectivity index (χ4n) is 2.90. The highest BCUT2D eigenvalue weighted by Crippen LogP contribution is 2.41. The predicted molar refractivity (Wildman–Crippen MR) is 94.7 cm³/mol. The van der Waals surface area contributed by atoms with Gasteiger partial charge in [0.1, 0.15) is 12.3 Å². The van der Waals surface area contributed by atoms with Gasteiger partial charge in [0.25, 0.3) is 11.8 Å². The third kappa shape index (κ3) is 4.04. The van der Waals surface area contributed by atoms with Crippen LogP contribution >= 0.6 is 11.6 Å². The van der Waals surface area contributed by atoms with E-state index in [1.807, 2.05) is 0 Å². The van der Waals surface area contributed by atoms with Crippen LogP contribution < -0.4 is 4.74 Å². The molecular weight excluding hydrogens is 415 g/mol. The topological polar surface area (TPSA) is 72.9 Å². The lowest BCUT2D eigenvalue weighted by molar-refractivity contribution is -0.224. The summed E-state index contributed by atoms with van der Waals surface area (Å²) in [5.74, 6) is -3.17. The number of alkyl halides is 3. The van der Waals surface area contributed by atoms with Gasteiger partial charge in [-0.1, -0.05) is 23.7 Å². The molecule has 1 atom stereocenters. The first kappa shape index (κ1) is 20.7. The quantitative estimate of drug-likeness (QED) is 0.536. The van der Waals surface area contributed by atoms with Crippen LogP contribution in [0.2, 0.25) is 5.02 Å². The van der Waals surface area contributed by atoms with E-state index in [1.54, 1.807) is 0 Å². The molecule has 0 N–H and O–H groups in total. The molecule has 2 aromatic rings. The van der Waals surface area contributed by atoms with E-state index in [4.69, 9.17) is 16.3 Å². The summed E-state index contributed by atoms with van der Waals surface area (Å²) in [6.07, 6.45) is -7.69. The number of carbonyl (C=O) groups excluding carboxylic acids is 3. The van der Waals surface area contributed by atoms with Gasteiger partial charge >= 0.3 is 12.1 Å². The Hall–Kier alpha value is -3.07. The number of hydrogen-bond acceptors (Lipinski definition) is 5. The Bertz CT molecular complexity index is 957. The van der Waals surface area contributed by atoms with E-state index in [-0.39, 0.29) is 21.9 Å². The second kappa shape index (κ2) is 7.75. The van der Waals surface area contributed by atoms with Crippen LogP contribution in [0.4, 0.5) is 13.2 Å². The summed E-state index contributed by atoms with van der Waals surface area (Å²) in [6, 6.07) is 9.31. The molecule has 0 aliphatic carbocycles. The fourth-order valence-corrected chi connectivity index (χ4v) is 3.08. The Balaban J connectivity index is 1.84. The molecule has 1 unspecified atom stereocenters. The number of halogens is 4. The van der Waals surface area contributed by atoms with Crippen molar-refractivity contribution < 1.29 is 37.0 Å². The van der Waals surface area contributed by atoms with Crippen molar-refractivity contribution in [1.82, 2.24) is 4.90 Å². The maximum Gasteiger partial charge on any atom is 0.429 e. The predicted octanol–water partition coefficient (Wildman–Crippen LogP) is 3.79. The molecule has 0 spiro atoms. The van der Waals surface area contributed by atoms with Crippen LogP contribution in [0.5, 0.6) is 5.75 Å². The molecule has 2 aromatic carbocycles. The van der Waals surface area contributed by atoms with Gasteiger partial charge in [-0.05, 0) is 30.3 Å². The fraction of sp³-hybridized carbons (Fsp3) is 0.211. The highest BCUT2D eigenvalue weighted by atomic mass is 35.5. The molecule has 0 saturated heterocycles. The van der Waals surface area contributed by atoms with Crippen LogP contribution in [-0.2, 0) is 9.53 Å². The van der Waals surface area contributed by atoms with Crippen molar-refractivity contribution in [3.63, 3.8) is 0 Å². The average Bonchev–Trinajstić information content (AvgIpc) is 2.90. The Morgan fingerprint density at radius 3 is 2.21 bits per heavy atom. The molecule has 1 heterocycles. The Kier molecular flexibility index (Phi) is 5.52. The normalized spacial score (nSPS) is 14.6. The molecular formula is C19H13ClF3NO5. The van der Waals surface area contributed by atoms with E-state index < -0.39 is 42.2 Å². The number of amides is 2. The van der Waals surface area contributed by atoms with Gasteiger partial charge in [-0.2, -0.15) is 13.2 Å². The number of hydrogen-bond donors (Lipinski definition) is 0. The molecule has 0 saturated carbocycles. The highest BCUT2D eigenvalue weighted by molar-refractivity contribution is 6.30. The molecule has 0 fully saturated rings. The molecule has 0 bridgehead atoms. The second-order valence-corrected chi connectivity index (χ2v) is 6.48. The highest BCUT2D eigenvalue weighted by Gasteiger charge is 2.46. The molecule has 3 rings (SSSR count). The molecule has 0 radical (unpaired) electrons. The van der Waals surface area contributed by atoms with Crippen molar-refractivity contribution in [3.05, 3.63) is 64.2 Å². The summed E-state index contributed by atoms with van der Waals surface area (Å²) < 4.78 is 50.2. The van der Waals surface area contributed by atoms with Gasteiger partial charge in [-0.3, -0.25) is 19.3 Å². The lowest BCUT2D eigenvalue weighted by Gasteiger charge is -2.24. The number of fused-ring (bicyclic) bond motifs is 1. The molecule has 29 heavy (non-hydrogen) atoms. The number of nitrogens with zero attached hydrogens (tertiary/aromatic N) is 1. The lowest BCUT2D eigenvalue weighted by Crippen LogP contribution is -2.37. The van der Waals surface area contributed by atoms with E-state index in [0.29, 0.717) is 4.90 Å². The maximum absolute atomic E-state index is 13.6. The van der Waals surface area contributed by atoms with Crippen LogP contribution in [0.3, 0.4) is 0 Å². The van der Waals surface area contributed by atoms with E-state index >= 15 is 0 Å². The summed E-state index contributed by atoms with van der Waals surface area (Å²) in [5.41, 5.74) is -0.383. The minimum Gasteiger partial charge on any atom is -0.496 e. The zero-order valence-electron chi connectivity index (χ0n) is 14.8. The van der Waals surface area contributed by atoms with Gasteiger partial charge < -0.3 is 9.47 Å². The standard InChI is InChI=1S/C19H13ClF3NO5/c1-28-14-7-6-10(20)8-13(14)16(19(21,22)23)29-15(25)9-24-17(26)11-4-2-3-5-12(11)18(24)27/h2-8,16H,9H2,1H3. The van der Waals surface area contributed by atoms with Crippen LogP contribution in [0.1, 0.15) is 32.4 Å². The zero-order chi connectivity index (χ0) is 21.3. The average molecular weight is 428 g/mol. The van der Waals surface area contributed by atoms with Gasteiger partial charge in [-0.25, -0.2) is 0 Å². The van der Waals surface area contributed by atoms with Crippen LogP contribution in [0, 0.1) is 0 Å². The molecule has 1 aliphatic heterocycles. The van der Waals surface area contributed by atoms with E-state index in [9.17, 15) is 27.6 Å². The molecule has 152 valence electrons. The SMILES string of the molecule is COc1ccc(Cl)cc1C(OC(=O)CN1C(=O)c2ccccc2C1=O)C(F)(F)F. The Labute approximate surface area is 167 Å². The van der Waals surface area contributed by atoms with Crippen molar-refractivity contribution in [2.45, 2.75) is 12.3 Å². The summed E-state index contributed by atoms with van der Waals surface area (Å²) >= 11 is 5.77. The number of esters is 1. The van der Waals surface area contributed by atoms with Gasteiger partial charge in [0.05, 0.1) is 18.2 Å². The monoisotopic (exact) mass is 427 g/mol. The lowest BCUT2D eigenvalue weighted by atomic mass is 10.1. The summed E-state index contributed by atoms with van der Waals surface area (Å²) in [7, 11) is 1.15. The summed E-state index contributed by atoms with van der Waals surface area (Å²) in [4.78, 5) is 37.3. The minimum atomic E-state index is -4.99. The first-order valence-corrected chi connectivity index (χ1v) is 8.56. The second-order valence-electron chi connectivity index (χ2n) is 6.04. The number of rotatable bonds is 5. The van der Waals surface area contributed by atoms with Crippen molar-refractivity contribution in [3.8, 4) is 5.75 Å². The van der Waals surface area contributed by atoms with Crippen molar-refractivity contribution in [2.24, 2.45) is 0 Å². The summed E-state index contributed by atoms with van der Waals surface area (Å²) in [5, 5.41) is -0.0218. The molecule has 0 aromatic heterocycles. The van der Waals surface area contributed by atoms with E-state index in [2.05, 4.69) is 4.74 Å². The first-order valence-electron chi connectivity index (χ1n) is 8.18. The van der Waals surface area contributed by atoms with E-state index in [1.165, 1.54) is 36.4 Å². The Morgan fingerprint density at radius 1 is 1.10 bits per heavy atom. The number of imide groups is 1. The molecule has 1 aliphatic rings. The summed E-state index contributed by atoms with van der Waals surface area (Å²) in [6.45, 7) is -0.970. The van der Waals surface area contributed by atoms with Crippen molar-refractivity contribution in [2.75, 3.05) is 13.7 Å². The number of benzene rings is 2. The minimum absolute atomic E-state index is 0.0218. The molecule has 2 amide bonds. The van der Waals surface area contributed by atoms with Crippen molar-refractivity contribution in [1.29, 1.82) is 0 Å².